The van der Waals surface area contributed by atoms with Crippen LogP contribution in [-0.4, -0.2) is 52.0 Å². The lowest BCUT2D eigenvalue weighted by Crippen LogP contribution is -2.53. The van der Waals surface area contributed by atoms with E-state index in [1.165, 1.54) is 22.0 Å². The minimum Gasteiger partial charge on any atom is -0.459 e. The van der Waals surface area contributed by atoms with Crippen LogP contribution < -0.4 is 10.2 Å². The molecule has 0 aliphatic carbocycles. The number of nitrogens with one attached hydrogen (secondary N) is 1. The van der Waals surface area contributed by atoms with Crippen LogP contribution in [0.5, 0.6) is 0 Å². The largest absolute Gasteiger partial charge is 0.459 e. The van der Waals surface area contributed by atoms with Gasteiger partial charge in [-0.15, -0.1) is 0 Å². The quantitative estimate of drug-likeness (QED) is 0.681. The Balaban J connectivity index is 1.34. The third kappa shape index (κ3) is 4.66. The summed E-state index contributed by atoms with van der Waals surface area (Å²) < 4.78 is 6.48. The van der Waals surface area contributed by atoms with Gasteiger partial charge in [-0.25, -0.2) is 0 Å². The van der Waals surface area contributed by atoms with Crippen LogP contribution in [0.15, 0.2) is 53.4 Å². The predicted octanol–water partition coefficient (Wildman–Crippen LogP) is 2.22. The first kappa shape index (κ1) is 20.4. The number of furan rings is 1. The molecule has 1 saturated heterocycles. The van der Waals surface area contributed by atoms with Crippen molar-refractivity contribution in [1.29, 1.82) is 0 Å². The fourth-order valence-electron chi connectivity index (χ4n) is 3.62. The van der Waals surface area contributed by atoms with E-state index in [0.717, 1.165) is 16.8 Å². The highest BCUT2D eigenvalue weighted by molar-refractivity contribution is 6.02. The average Bonchev–Trinajstić information content (AvgIpc) is 3.39. The van der Waals surface area contributed by atoms with Gasteiger partial charge in [0.15, 0.2) is 5.76 Å². The third-order valence-electron chi connectivity index (χ3n) is 5.02. The number of carbonyl (C=O) groups is 3. The molecule has 0 bridgehead atoms. The summed E-state index contributed by atoms with van der Waals surface area (Å²) >= 11 is 0. The van der Waals surface area contributed by atoms with Crippen LogP contribution in [0.3, 0.4) is 0 Å². The summed E-state index contributed by atoms with van der Waals surface area (Å²) in [5, 5.41) is 6.77. The number of hydrogen-bond donors (Lipinski definition) is 1. The van der Waals surface area contributed by atoms with Gasteiger partial charge >= 0.3 is 0 Å². The molecule has 0 unspecified atom stereocenters. The molecular formula is C22H23N5O4. The maximum Gasteiger partial charge on any atom is 0.291 e. The van der Waals surface area contributed by atoms with Crippen LogP contribution >= 0.6 is 0 Å². The van der Waals surface area contributed by atoms with Crippen LogP contribution in [0, 0.1) is 13.8 Å². The second-order valence-electron chi connectivity index (χ2n) is 7.56. The molecule has 1 aromatic carbocycles. The molecule has 9 nitrogen and oxygen atoms in total. The van der Waals surface area contributed by atoms with Gasteiger partial charge < -0.3 is 19.5 Å². The van der Waals surface area contributed by atoms with Gasteiger partial charge in [0.05, 0.1) is 18.1 Å². The van der Waals surface area contributed by atoms with Crippen LogP contribution in [0.2, 0.25) is 0 Å². The first-order valence-corrected chi connectivity index (χ1v) is 9.93. The number of aromatic nitrogens is 2. The van der Waals surface area contributed by atoms with Crippen LogP contribution in [0.4, 0.5) is 11.4 Å². The Morgan fingerprint density at radius 3 is 2.61 bits per heavy atom. The lowest BCUT2D eigenvalue weighted by atomic mass is 10.1. The van der Waals surface area contributed by atoms with Gasteiger partial charge in [0.1, 0.15) is 13.1 Å². The molecule has 0 spiro atoms. The Morgan fingerprint density at radius 2 is 1.94 bits per heavy atom. The van der Waals surface area contributed by atoms with Crippen molar-refractivity contribution in [3.05, 3.63) is 65.9 Å². The number of carbonyl (C=O) groups excluding carboxylic acids is 3. The highest BCUT2D eigenvalue weighted by Crippen LogP contribution is 2.21. The van der Waals surface area contributed by atoms with Crippen molar-refractivity contribution in [2.24, 2.45) is 0 Å². The Labute approximate surface area is 179 Å². The molecule has 3 heterocycles. The second-order valence-corrected chi connectivity index (χ2v) is 7.56. The summed E-state index contributed by atoms with van der Waals surface area (Å²) in [6, 6.07) is 9.19. The standard InChI is InChI=1S/C22H23N5O4/c1-15-8-16(2)10-18(9-15)27-6-5-25(13-21(27)29)20(28)14-26-12-17(11-23-26)24-22(30)19-4-3-7-31-19/h3-4,7-12H,5-6,13-14H2,1-2H3,(H,24,30). The Bertz CT molecular complexity index is 1100. The highest BCUT2D eigenvalue weighted by atomic mass is 16.3. The van der Waals surface area contributed by atoms with Gasteiger partial charge in [-0.05, 0) is 49.2 Å². The van der Waals surface area contributed by atoms with Crippen molar-refractivity contribution in [3.8, 4) is 0 Å². The Hall–Kier alpha value is -3.88. The zero-order valence-corrected chi connectivity index (χ0v) is 17.4. The smallest absolute Gasteiger partial charge is 0.291 e. The number of benzene rings is 1. The molecule has 4 rings (SSSR count). The Morgan fingerprint density at radius 1 is 1.16 bits per heavy atom. The first-order valence-electron chi connectivity index (χ1n) is 9.93. The van der Waals surface area contributed by atoms with Crippen LogP contribution in [0.1, 0.15) is 21.7 Å². The SMILES string of the molecule is Cc1cc(C)cc(N2CCN(C(=O)Cn3cc(NC(=O)c4ccco4)cn3)CC2=O)c1. The number of hydrogen-bond acceptors (Lipinski definition) is 5. The lowest BCUT2D eigenvalue weighted by molar-refractivity contribution is -0.137. The van der Waals surface area contributed by atoms with E-state index in [-0.39, 0.29) is 30.7 Å². The summed E-state index contributed by atoms with van der Waals surface area (Å²) in [7, 11) is 0. The van der Waals surface area contributed by atoms with E-state index >= 15 is 0 Å². The number of aryl methyl sites for hydroxylation is 2. The van der Waals surface area contributed by atoms with Gasteiger partial charge in [0.2, 0.25) is 11.8 Å². The van der Waals surface area contributed by atoms with E-state index in [1.54, 1.807) is 23.2 Å². The molecule has 3 aromatic rings. The van der Waals surface area contributed by atoms with Crippen molar-refractivity contribution in [3.63, 3.8) is 0 Å². The molecule has 1 fully saturated rings. The minimum absolute atomic E-state index is 0.0204. The highest BCUT2D eigenvalue weighted by Gasteiger charge is 2.28. The summed E-state index contributed by atoms with van der Waals surface area (Å²) in [5.74, 6) is -0.537. The predicted molar refractivity (Wildman–Crippen MR) is 114 cm³/mol. The number of nitrogens with zero attached hydrogens (tertiary/aromatic N) is 4. The van der Waals surface area contributed by atoms with Gasteiger partial charge in [0.25, 0.3) is 5.91 Å². The van der Waals surface area contributed by atoms with Gasteiger partial charge in [0, 0.05) is 25.0 Å². The molecule has 160 valence electrons. The van der Waals surface area contributed by atoms with Crippen molar-refractivity contribution in [2.45, 2.75) is 20.4 Å². The number of piperazine rings is 1. The molecule has 0 radical (unpaired) electrons. The van der Waals surface area contributed by atoms with Crippen molar-refractivity contribution in [1.82, 2.24) is 14.7 Å². The monoisotopic (exact) mass is 421 g/mol. The maximum atomic E-state index is 12.7. The summed E-state index contributed by atoms with van der Waals surface area (Å²) in [5.41, 5.74) is 3.49. The molecule has 2 aromatic heterocycles. The fraction of sp³-hybridized carbons (Fsp3) is 0.273. The molecule has 1 aliphatic heterocycles. The molecule has 0 saturated carbocycles. The van der Waals surface area contributed by atoms with E-state index in [9.17, 15) is 14.4 Å². The molecule has 1 aliphatic rings. The van der Waals surface area contributed by atoms with Crippen molar-refractivity contribution >= 4 is 29.1 Å². The maximum absolute atomic E-state index is 12.7. The van der Waals surface area contributed by atoms with Crippen molar-refractivity contribution < 1.29 is 18.8 Å². The number of amides is 3. The van der Waals surface area contributed by atoms with Gasteiger partial charge in [-0.3, -0.25) is 19.1 Å². The molecule has 3 amide bonds. The topological polar surface area (TPSA) is 101 Å². The molecular weight excluding hydrogens is 398 g/mol. The molecule has 0 atom stereocenters. The number of rotatable bonds is 5. The summed E-state index contributed by atoms with van der Waals surface area (Å²) in [6.07, 6.45) is 4.43. The van der Waals surface area contributed by atoms with Crippen molar-refractivity contribution in [2.75, 3.05) is 29.9 Å². The minimum atomic E-state index is -0.399. The first-order chi connectivity index (χ1) is 14.9. The van der Waals surface area contributed by atoms with Crippen LogP contribution in [0.25, 0.3) is 0 Å². The van der Waals surface area contributed by atoms with E-state index in [2.05, 4.69) is 16.5 Å². The normalized spacial score (nSPS) is 14.1. The summed E-state index contributed by atoms with van der Waals surface area (Å²) in [6.45, 7) is 4.88. The number of anilines is 2. The summed E-state index contributed by atoms with van der Waals surface area (Å²) in [4.78, 5) is 40.6. The lowest BCUT2D eigenvalue weighted by Gasteiger charge is -2.34. The third-order valence-corrected chi connectivity index (χ3v) is 5.02. The molecule has 1 N–H and O–H groups in total. The average molecular weight is 421 g/mol. The molecule has 31 heavy (non-hydrogen) atoms. The van der Waals surface area contributed by atoms with E-state index < -0.39 is 5.91 Å². The van der Waals surface area contributed by atoms with Gasteiger partial charge in [-0.1, -0.05) is 6.07 Å². The van der Waals surface area contributed by atoms with Gasteiger partial charge in [-0.2, -0.15) is 5.10 Å². The van der Waals surface area contributed by atoms with E-state index in [4.69, 9.17) is 4.42 Å². The molecule has 9 heteroatoms. The fourth-order valence-corrected chi connectivity index (χ4v) is 3.62. The zero-order chi connectivity index (χ0) is 22.0. The second kappa shape index (κ2) is 8.47. The van der Waals surface area contributed by atoms with Crippen LogP contribution in [-0.2, 0) is 16.1 Å². The zero-order valence-electron chi connectivity index (χ0n) is 17.4. The Kier molecular flexibility index (Phi) is 5.57. The van der Waals surface area contributed by atoms with E-state index in [0.29, 0.717) is 18.8 Å². The van der Waals surface area contributed by atoms with E-state index in [1.807, 2.05) is 26.0 Å².